The minimum Gasteiger partial charge on any atom is -0.350 e. The molecule has 3 aromatic rings. The third-order valence-electron chi connectivity index (χ3n) is 5.10. The summed E-state index contributed by atoms with van der Waals surface area (Å²) in [6.07, 6.45) is 1.53. The summed E-state index contributed by atoms with van der Waals surface area (Å²) in [5.41, 5.74) is 3.07. The molecule has 0 spiro atoms. The molecule has 0 unspecified atom stereocenters. The summed E-state index contributed by atoms with van der Waals surface area (Å²) in [4.78, 5) is 12.5. The zero-order valence-corrected chi connectivity index (χ0v) is 18.4. The van der Waals surface area contributed by atoms with Crippen molar-refractivity contribution in [1.29, 1.82) is 0 Å². The van der Waals surface area contributed by atoms with Crippen LogP contribution in [-0.4, -0.2) is 20.9 Å². The number of hydrogen-bond acceptors (Lipinski definition) is 3. The Hall–Kier alpha value is -2.96. The maximum atomic E-state index is 12.5. The van der Waals surface area contributed by atoms with Crippen molar-refractivity contribution in [1.82, 2.24) is 10.0 Å². The number of carbonyl (C=O) groups is 1. The minimum atomic E-state index is -3.55. The molecule has 0 fully saturated rings. The van der Waals surface area contributed by atoms with Gasteiger partial charge in [-0.25, -0.2) is 13.1 Å². The lowest BCUT2D eigenvalue weighted by atomic mass is 10.1. The van der Waals surface area contributed by atoms with Crippen LogP contribution in [0.5, 0.6) is 0 Å². The molecular weight excluding hydrogens is 408 g/mol. The fourth-order valence-corrected chi connectivity index (χ4v) is 4.32. The van der Waals surface area contributed by atoms with E-state index in [9.17, 15) is 13.2 Å². The summed E-state index contributed by atoms with van der Waals surface area (Å²) in [5, 5.41) is 2.99. The predicted molar refractivity (Wildman–Crippen MR) is 123 cm³/mol. The van der Waals surface area contributed by atoms with Gasteiger partial charge in [0.2, 0.25) is 15.9 Å². The zero-order chi connectivity index (χ0) is 22.1. The molecule has 1 amide bonds. The lowest BCUT2D eigenvalue weighted by Crippen LogP contribution is -2.27. The van der Waals surface area contributed by atoms with Gasteiger partial charge in [0.25, 0.3) is 0 Å². The SMILES string of the molecule is C[C@@H](NC(=O)CCc1ccc(S(=O)(=O)NCCc2ccccc2)cc1)c1ccccc1. The second kappa shape index (κ2) is 10.9. The summed E-state index contributed by atoms with van der Waals surface area (Å²) < 4.78 is 27.6. The van der Waals surface area contributed by atoms with Crippen LogP contribution in [0.4, 0.5) is 0 Å². The van der Waals surface area contributed by atoms with Crippen molar-refractivity contribution in [2.45, 2.75) is 37.1 Å². The molecule has 5 nitrogen and oxygen atoms in total. The Morgan fingerprint density at radius 3 is 2.03 bits per heavy atom. The van der Waals surface area contributed by atoms with Crippen LogP contribution >= 0.6 is 0 Å². The van der Waals surface area contributed by atoms with Crippen LogP contribution in [0.1, 0.15) is 36.1 Å². The minimum absolute atomic E-state index is 0.0318. The smallest absolute Gasteiger partial charge is 0.240 e. The van der Waals surface area contributed by atoms with Gasteiger partial charge in [-0.2, -0.15) is 0 Å². The van der Waals surface area contributed by atoms with E-state index in [1.165, 1.54) is 0 Å². The van der Waals surface area contributed by atoms with Crippen molar-refractivity contribution in [2.75, 3.05) is 6.54 Å². The molecule has 3 aromatic carbocycles. The highest BCUT2D eigenvalue weighted by Crippen LogP contribution is 2.14. The van der Waals surface area contributed by atoms with Gasteiger partial charge < -0.3 is 5.32 Å². The van der Waals surface area contributed by atoms with Crippen molar-refractivity contribution >= 4 is 15.9 Å². The van der Waals surface area contributed by atoms with Crippen molar-refractivity contribution in [3.63, 3.8) is 0 Å². The molecule has 1 atom stereocenters. The van der Waals surface area contributed by atoms with Gasteiger partial charge in [0.1, 0.15) is 0 Å². The predicted octanol–water partition coefficient (Wildman–Crippen LogP) is 4.02. The van der Waals surface area contributed by atoms with Crippen LogP contribution in [0.2, 0.25) is 0 Å². The van der Waals surface area contributed by atoms with Crippen LogP contribution in [0.15, 0.2) is 89.8 Å². The lowest BCUT2D eigenvalue weighted by Gasteiger charge is -2.14. The molecular formula is C25H28N2O3S. The van der Waals surface area contributed by atoms with E-state index >= 15 is 0 Å². The second-order valence-corrected chi connectivity index (χ2v) is 9.24. The summed E-state index contributed by atoms with van der Waals surface area (Å²) in [5.74, 6) is -0.0318. The molecule has 0 aliphatic rings. The Bertz CT molecular complexity index is 1070. The number of benzene rings is 3. The summed E-state index contributed by atoms with van der Waals surface area (Å²) in [6, 6.07) is 26.2. The van der Waals surface area contributed by atoms with E-state index in [0.717, 1.165) is 16.7 Å². The van der Waals surface area contributed by atoms with Gasteiger partial charge in [-0.3, -0.25) is 4.79 Å². The average molecular weight is 437 g/mol. The molecule has 0 aliphatic heterocycles. The first-order valence-electron chi connectivity index (χ1n) is 10.4. The summed E-state index contributed by atoms with van der Waals surface area (Å²) in [7, 11) is -3.55. The number of nitrogens with one attached hydrogen (secondary N) is 2. The zero-order valence-electron chi connectivity index (χ0n) is 17.6. The van der Waals surface area contributed by atoms with Crippen molar-refractivity contribution in [3.05, 3.63) is 102 Å². The van der Waals surface area contributed by atoms with Gasteiger partial charge in [-0.05, 0) is 48.6 Å². The van der Waals surface area contributed by atoms with Crippen LogP contribution in [-0.2, 0) is 27.7 Å². The van der Waals surface area contributed by atoms with E-state index in [-0.39, 0.29) is 16.8 Å². The van der Waals surface area contributed by atoms with Crippen molar-refractivity contribution < 1.29 is 13.2 Å². The van der Waals surface area contributed by atoms with Gasteiger partial charge in [-0.1, -0.05) is 72.8 Å². The largest absolute Gasteiger partial charge is 0.350 e. The summed E-state index contributed by atoms with van der Waals surface area (Å²) in [6.45, 7) is 2.30. The Labute approximate surface area is 184 Å². The number of aryl methyl sites for hydroxylation is 1. The molecule has 0 saturated heterocycles. The van der Waals surface area contributed by atoms with E-state index in [0.29, 0.717) is 25.8 Å². The molecule has 0 saturated carbocycles. The highest BCUT2D eigenvalue weighted by atomic mass is 32.2. The topological polar surface area (TPSA) is 75.3 Å². The maximum absolute atomic E-state index is 12.5. The fraction of sp³-hybridized carbons (Fsp3) is 0.240. The van der Waals surface area contributed by atoms with Crippen LogP contribution in [0.3, 0.4) is 0 Å². The quantitative estimate of drug-likeness (QED) is 0.504. The normalized spacial score (nSPS) is 12.3. The molecule has 0 bridgehead atoms. The van der Waals surface area contributed by atoms with E-state index in [1.807, 2.05) is 67.6 Å². The Morgan fingerprint density at radius 2 is 1.39 bits per heavy atom. The maximum Gasteiger partial charge on any atom is 0.240 e. The van der Waals surface area contributed by atoms with Crippen molar-refractivity contribution in [2.24, 2.45) is 0 Å². The van der Waals surface area contributed by atoms with Gasteiger partial charge in [-0.15, -0.1) is 0 Å². The molecule has 162 valence electrons. The second-order valence-electron chi connectivity index (χ2n) is 7.48. The standard InChI is InChI=1S/C25H28N2O3S/c1-20(23-10-6-3-7-11-23)27-25(28)17-14-22-12-15-24(16-13-22)31(29,30)26-19-18-21-8-4-2-5-9-21/h2-13,15-16,20,26H,14,17-19H2,1H3,(H,27,28)/t20-/m1/s1. The Morgan fingerprint density at radius 1 is 0.806 bits per heavy atom. The number of sulfonamides is 1. The number of hydrogen-bond donors (Lipinski definition) is 2. The van der Waals surface area contributed by atoms with Crippen LogP contribution in [0.25, 0.3) is 0 Å². The van der Waals surface area contributed by atoms with Crippen LogP contribution < -0.4 is 10.0 Å². The third-order valence-corrected chi connectivity index (χ3v) is 6.58. The first-order chi connectivity index (χ1) is 14.9. The average Bonchev–Trinajstić information content (AvgIpc) is 2.79. The number of amides is 1. The van der Waals surface area contributed by atoms with E-state index in [2.05, 4.69) is 10.0 Å². The fourth-order valence-electron chi connectivity index (χ4n) is 3.29. The van der Waals surface area contributed by atoms with E-state index < -0.39 is 10.0 Å². The number of carbonyl (C=O) groups excluding carboxylic acids is 1. The molecule has 2 N–H and O–H groups in total. The monoisotopic (exact) mass is 436 g/mol. The molecule has 6 heteroatoms. The molecule has 0 aromatic heterocycles. The van der Waals surface area contributed by atoms with Gasteiger partial charge >= 0.3 is 0 Å². The first kappa shape index (κ1) is 22.7. The van der Waals surface area contributed by atoms with Gasteiger partial charge in [0.05, 0.1) is 10.9 Å². The Balaban J connectivity index is 1.47. The van der Waals surface area contributed by atoms with E-state index in [1.54, 1.807) is 24.3 Å². The van der Waals surface area contributed by atoms with Crippen LogP contribution in [0, 0.1) is 0 Å². The molecule has 0 heterocycles. The highest BCUT2D eigenvalue weighted by molar-refractivity contribution is 7.89. The van der Waals surface area contributed by atoms with Gasteiger partial charge in [0, 0.05) is 13.0 Å². The molecule has 0 aliphatic carbocycles. The molecule has 31 heavy (non-hydrogen) atoms. The lowest BCUT2D eigenvalue weighted by molar-refractivity contribution is -0.121. The van der Waals surface area contributed by atoms with E-state index in [4.69, 9.17) is 0 Å². The molecule has 3 rings (SSSR count). The van der Waals surface area contributed by atoms with Crippen molar-refractivity contribution in [3.8, 4) is 0 Å². The third kappa shape index (κ3) is 7.05. The summed E-state index contributed by atoms with van der Waals surface area (Å²) >= 11 is 0. The molecule has 0 radical (unpaired) electrons. The highest BCUT2D eigenvalue weighted by Gasteiger charge is 2.14. The number of rotatable bonds is 10. The first-order valence-corrected chi connectivity index (χ1v) is 11.9. The van der Waals surface area contributed by atoms with Gasteiger partial charge in [0.15, 0.2) is 0 Å². The Kier molecular flexibility index (Phi) is 7.98.